The Labute approximate surface area is 80.4 Å². The lowest BCUT2D eigenvalue weighted by molar-refractivity contribution is -0.138. The number of hydrogen-bond acceptors (Lipinski definition) is 3. The molecule has 13 heavy (non-hydrogen) atoms. The van der Waals surface area contributed by atoms with Crippen LogP contribution in [0.25, 0.3) is 0 Å². The van der Waals surface area contributed by atoms with Crippen LogP contribution in [0.1, 0.15) is 26.7 Å². The van der Waals surface area contributed by atoms with Crippen molar-refractivity contribution in [2.75, 3.05) is 20.7 Å². The van der Waals surface area contributed by atoms with Crippen molar-refractivity contribution in [3.05, 3.63) is 11.8 Å². The number of carbonyl (C=O) groups is 1. The monoisotopic (exact) mass is 185 g/mol. The van der Waals surface area contributed by atoms with Gasteiger partial charge in [0.1, 0.15) is 0 Å². The first kappa shape index (κ1) is 12.0. The largest absolute Gasteiger partial charge is 0.463 e. The summed E-state index contributed by atoms with van der Waals surface area (Å²) in [5.41, 5.74) is 0.745. The van der Waals surface area contributed by atoms with E-state index in [1.165, 1.54) is 0 Å². The molecule has 0 unspecified atom stereocenters. The maximum absolute atomic E-state index is 11.4. The van der Waals surface area contributed by atoms with E-state index in [0.717, 1.165) is 18.4 Å². The lowest BCUT2D eigenvalue weighted by Crippen LogP contribution is -2.12. The van der Waals surface area contributed by atoms with Gasteiger partial charge in [0, 0.05) is 20.3 Å². The predicted molar refractivity (Wildman–Crippen MR) is 53.3 cm³/mol. The highest BCUT2D eigenvalue weighted by Crippen LogP contribution is 2.07. The van der Waals surface area contributed by atoms with E-state index in [2.05, 4.69) is 0 Å². The van der Waals surface area contributed by atoms with Gasteiger partial charge >= 0.3 is 5.97 Å². The Kier molecular flexibility index (Phi) is 6.02. The Balaban J connectivity index is 4.31. The second-order valence-electron chi connectivity index (χ2n) is 3.09. The standard InChI is InChI=1S/C10H19NO2/c1-5-7-9(8-11(3)4)10(12)13-6-2/h8H,5-7H2,1-4H3/b9-8+. The maximum atomic E-state index is 11.4. The van der Waals surface area contributed by atoms with E-state index in [0.29, 0.717) is 6.61 Å². The maximum Gasteiger partial charge on any atom is 0.335 e. The second-order valence-corrected chi connectivity index (χ2v) is 3.09. The Bertz CT molecular complexity index is 185. The van der Waals surface area contributed by atoms with Gasteiger partial charge in [0.25, 0.3) is 0 Å². The van der Waals surface area contributed by atoms with Crippen LogP contribution in [0.4, 0.5) is 0 Å². The zero-order valence-corrected chi connectivity index (χ0v) is 8.96. The van der Waals surface area contributed by atoms with Crippen LogP contribution < -0.4 is 0 Å². The molecule has 0 aliphatic heterocycles. The summed E-state index contributed by atoms with van der Waals surface area (Å²) >= 11 is 0. The van der Waals surface area contributed by atoms with Crippen LogP contribution in [0.2, 0.25) is 0 Å². The lowest BCUT2D eigenvalue weighted by atomic mass is 10.1. The van der Waals surface area contributed by atoms with Gasteiger partial charge < -0.3 is 9.64 Å². The van der Waals surface area contributed by atoms with Crippen LogP contribution in [0, 0.1) is 0 Å². The van der Waals surface area contributed by atoms with Crippen LogP contribution in [-0.2, 0) is 9.53 Å². The normalized spacial score (nSPS) is 11.2. The Hall–Kier alpha value is -0.990. The summed E-state index contributed by atoms with van der Waals surface area (Å²) < 4.78 is 4.92. The number of hydrogen-bond donors (Lipinski definition) is 0. The van der Waals surface area contributed by atoms with E-state index in [4.69, 9.17) is 4.74 Å². The fourth-order valence-electron chi connectivity index (χ4n) is 1.02. The Morgan fingerprint density at radius 2 is 2.00 bits per heavy atom. The molecule has 0 aliphatic rings. The number of carbonyl (C=O) groups excluding carboxylic acids is 1. The minimum Gasteiger partial charge on any atom is -0.463 e. The van der Waals surface area contributed by atoms with E-state index in [1.807, 2.05) is 39.0 Å². The van der Waals surface area contributed by atoms with E-state index < -0.39 is 0 Å². The van der Waals surface area contributed by atoms with Gasteiger partial charge in [0.15, 0.2) is 0 Å². The summed E-state index contributed by atoms with van der Waals surface area (Å²) in [6, 6.07) is 0. The van der Waals surface area contributed by atoms with Gasteiger partial charge in [0.05, 0.1) is 12.2 Å². The van der Waals surface area contributed by atoms with Crippen LogP contribution in [0.15, 0.2) is 11.8 Å². The fraction of sp³-hybridized carbons (Fsp3) is 0.700. The highest BCUT2D eigenvalue weighted by molar-refractivity contribution is 5.88. The molecular formula is C10H19NO2. The average Bonchev–Trinajstić information content (AvgIpc) is 2.03. The number of nitrogens with zero attached hydrogens (tertiary/aromatic N) is 1. The van der Waals surface area contributed by atoms with Gasteiger partial charge in [-0.15, -0.1) is 0 Å². The van der Waals surface area contributed by atoms with E-state index in [1.54, 1.807) is 0 Å². The zero-order valence-electron chi connectivity index (χ0n) is 8.96. The molecule has 3 nitrogen and oxygen atoms in total. The van der Waals surface area contributed by atoms with Crippen molar-refractivity contribution in [2.24, 2.45) is 0 Å². The molecule has 0 saturated heterocycles. The van der Waals surface area contributed by atoms with Gasteiger partial charge in [-0.3, -0.25) is 0 Å². The second kappa shape index (κ2) is 6.52. The molecule has 3 heteroatoms. The van der Waals surface area contributed by atoms with Crippen LogP contribution in [0.3, 0.4) is 0 Å². The third-order valence-electron chi connectivity index (χ3n) is 1.47. The molecule has 0 aromatic heterocycles. The average molecular weight is 185 g/mol. The molecule has 0 atom stereocenters. The molecule has 0 N–H and O–H groups in total. The lowest BCUT2D eigenvalue weighted by Gasteiger charge is -2.10. The van der Waals surface area contributed by atoms with E-state index in [9.17, 15) is 4.79 Å². The molecule has 0 amide bonds. The van der Waals surface area contributed by atoms with Crippen LogP contribution in [0.5, 0.6) is 0 Å². The summed E-state index contributed by atoms with van der Waals surface area (Å²) in [7, 11) is 3.80. The fourth-order valence-corrected chi connectivity index (χ4v) is 1.02. The van der Waals surface area contributed by atoms with Gasteiger partial charge in [-0.25, -0.2) is 4.79 Å². The first-order valence-corrected chi connectivity index (χ1v) is 4.66. The minimum atomic E-state index is -0.196. The molecular weight excluding hydrogens is 166 g/mol. The molecule has 0 aliphatic carbocycles. The third-order valence-corrected chi connectivity index (χ3v) is 1.47. The number of ether oxygens (including phenoxy) is 1. The van der Waals surface area contributed by atoms with Crippen molar-refractivity contribution in [1.82, 2.24) is 4.90 Å². The van der Waals surface area contributed by atoms with Crippen molar-refractivity contribution < 1.29 is 9.53 Å². The van der Waals surface area contributed by atoms with Gasteiger partial charge in [-0.05, 0) is 13.3 Å². The molecule has 0 rings (SSSR count). The van der Waals surface area contributed by atoms with Crippen molar-refractivity contribution >= 4 is 5.97 Å². The molecule has 76 valence electrons. The van der Waals surface area contributed by atoms with E-state index in [-0.39, 0.29) is 5.97 Å². The highest BCUT2D eigenvalue weighted by Gasteiger charge is 2.09. The number of rotatable bonds is 5. The van der Waals surface area contributed by atoms with Gasteiger partial charge in [-0.1, -0.05) is 13.3 Å². The molecule has 0 fully saturated rings. The molecule has 0 saturated carbocycles. The Morgan fingerprint density at radius 3 is 2.38 bits per heavy atom. The Morgan fingerprint density at radius 1 is 1.38 bits per heavy atom. The quantitative estimate of drug-likeness (QED) is 0.483. The summed E-state index contributed by atoms with van der Waals surface area (Å²) in [6.45, 7) is 4.30. The molecule has 0 spiro atoms. The molecule has 0 aromatic rings. The molecule has 0 radical (unpaired) electrons. The molecule has 0 aromatic carbocycles. The predicted octanol–water partition coefficient (Wildman–Crippen LogP) is 1.80. The summed E-state index contributed by atoms with van der Waals surface area (Å²) in [4.78, 5) is 13.2. The van der Waals surface area contributed by atoms with Crippen LogP contribution >= 0.6 is 0 Å². The molecule has 0 bridgehead atoms. The van der Waals surface area contributed by atoms with Crippen molar-refractivity contribution in [1.29, 1.82) is 0 Å². The number of esters is 1. The van der Waals surface area contributed by atoms with Crippen LogP contribution in [-0.4, -0.2) is 31.6 Å². The van der Waals surface area contributed by atoms with E-state index >= 15 is 0 Å². The third kappa shape index (κ3) is 5.28. The van der Waals surface area contributed by atoms with Gasteiger partial charge in [0.2, 0.25) is 0 Å². The summed E-state index contributed by atoms with van der Waals surface area (Å²) in [5, 5.41) is 0. The summed E-state index contributed by atoms with van der Waals surface area (Å²) in [6.07, 6.45) is 3.55. The minimum absolute atomic E-state index is 0.196. The first-order chi connectivity index (χ1) is 6.11. The summed E-state index contributed by atoms with van der Waals surface area (Å²) in [5.74, 6) is -0.196. The SMILES string of the molecule is CCC/C(=C\N(C)C)C(=O)OCC. The zero-order chi connectivity index (χ0) is 10.3. The first-order valence-electron chi connectivity index (χ1n) is 4.66. The van der Waals surface area contributed by atoms with Crippen molar-refractivity contribution in [3.8, 4) is 0 Å². The molecule has 0 heterocycles. The smallest absolute Gasteiger partial charge is 0.335 e. The highest BCUT2D eigenvalue weighted by atomic mass is 16.5. The van der Waals surface area contributed by atoms with Crippen molar-refractivity contribution in [2.45, 2.75) is 26.7 Å². The topological polar surface area (TPSA) is 29.5 Å². The van der Waals surface area contributed by atoms with Gasteiger partial charge in [-0.2, -0.15) is 0 Å². The van der Waals surface area contributed by atoms with Crippen molar-refractivity contribution in [3.63, 3.8) is 0 Å².